The summed E-state index contributed by atoms with van der Waals surface area (Å²) in [6, 6.07) is 3.70. The molecule has 0 unspecified atom stereocenters. The van der Waals surface area contributed by atoms with Gasteiger partial charge in [0.25, 0.3) is 0 Å². The summed E-state index contributed by atoms with van der Waals surface area (Å²) in [6.45, 7) is 5.88. The van der Waals surface area contributed by atoms with Gasteiger partial charge in [0.1, 0.15) is 6.61 Å². The lowest BCUT2D eigenvalue weighted by molar-refractivity contribution is 0.329. The quantitative estimate of drug-likeness (QED) is 0.575. The summed E-state index contributed by atoms with van der Waals surface area (Å²) in [4.78, 5) is 0. The van der Waals surface area contributed by atoms with E-state index in [2.05, 4.69) is 6.58 Å². The maximum atomic E-state index is 13.3. The van der Waals surface area contributed by atoms with Crippen LogP contribution in [0.5, 0.6) is 5.75 Å². The Kier molecular flexibility index (Phi) is 4.52. The fourth-order valence-corrected chi connectivity index (χ4v) is 1.07. The second-order valence-electron chi connectivity index (χ2n) is 3.46. The van der Waals surface area contributed by atoms with Gasteiger partial charge in [0.15, 0.2) is 11.6 Å². The van der Waals surface area contributed by atoms with Gasteiger partial charge < -0.3 is 14.8 Å². The van der Waals surface area contributed by atoms with Crippen molar-refractivity contribution in [3.8, 4) is 5.75 Å². The number of rotatable bonds is 5. The molecule has 0 radical (unpaired) electrons. The molecule has 0 heterocycles. The van der Waals surface area contributed by atoms with Crippen LogP contribution in [-0.2, 0) is 0 Å². The standard InChI is InChI=1S/C11H14BFO3/c1-3-8(2)7-16-11-6-9(12(14)15)4-5-10(11)13/h4-6,14-15H,2-3,7H2,1H3. The fourth-order valence-electron chi connectivity index (χ4n) is 1.07. The molecule has 1 rings (SSSR count). The van der Waals surface area contributed by atoms with Gasteiger partial charge in [-0.3, -0.25) is 0 Å². The smallest absolute Gasteiger partial charge is 0.486 e. The second kappa shape index (κ2) is 5.68. The Labute approximate surface area is 94.3 Å². The molecule has 2 N–H and O–H groups in total. The Morgan fingerprint density at radius 2 is 2.19 bits per heavy atom. The first kappa shape index (κ1) is 12.7. The average Bonchev–Trinajstić information content (AvgIpc) is 2.27. The van der Waals surface area contributed by atoms with Crippen LogP contribution >= 0.6 is 0 Å². The minimum atomic E-state index is -1.63. The Balaban J connectivity index is 2.78. The van der Waals surface area contributed by atoms with E-state index in [4.69, 9.17) is 14.8 Å². The molecule has 0 aliphatic heterocycles. The third-order valence-corrected chi connectivity index (χ3v) is 2.19. The second-order valence-corrected chi connectivity index (χ2v) is 3.46. The van der Waals surface area contributed by atoms with Crippen LogP contribution in [0, 0.1) is 5.82 Å². The molecule has 0 aliphatic rings. The molecule has 16 heavy (non-hydrogen) atoms. The van der Waals surface area contributed by atoms with Crippen molar-refractivity contribution in [2.45, 2.75) is 13.3 Å². The van der Waals surface area contributed by atoms with Crippen LogP contribution in [0.2, 0.25) is 0 Å². The maximum Gasteiger partial charge on any atom is 0.488 e. The summed E-state index contributed by atoms with van der Waals surface area (Å²) in [5, 5.41) is 17.8. The molecular formula is C11H14BFO3. The predicted octanol–water partition coefficient (Wildman–Crippen LogP) is 0.851. The summed E-state index contributed by atoms with van der Waals surface area (Å²) in [6.07, 6.45) is 0.754. The molecule has 0 amide bonds. The molecule has 0 aliphatic carbocycles. The molecule has 0 bridgehead atoms. The zero-order valence-corrected chi connectivity index (χ0v) is 9.11. The van der Waals surface area contributed by atoms with E-state index in [1.165, 1.54) is 12.1 Å². The third-order valence-electron chi connectivity index (χ3n) is 2.19. The lowest BCUT2D eigenvalue weighted by atomic mass is 9.80. The Morgan fingerprint density at radius 3 is 2.75 bits per heavy atom. The van der Waals surface area contributed by atoms with Crippen LogP contribution < -0.4 is 10.2 Å². The number of hydrogen-bond donors (Lipinski definition) is 2. The summed E-state index contributed by atoms with van der Waals surface area (Å²) < 4.78 is 18.5. The van der Waals surface area contributed by atoms with Gasteiger partial charge in [-0.25, -0.2) is 4.39 Å². The third kappa shape index (κ3) is 3.36. The van der Waals surface area contributed by atoms with Crippen molar-refractivity contribution in [1.29, 1.82) is 0 Å². The van der Waals surface area contributed by atoms with E-state index in [0.717, 1.165) is 18.1 Å². The van der Waals surface area contributed by atoms with E-state index in [1.54, 1.807) is 0 Å². The molecule has 0 fully saturated rings. The van der Waals surface area contributed by atoms with Gasteiger partial charge in [0, 0.05) is 0 Å². The summed E-state index contributed by atoms with van der Waals surface area (Å²) in [7, 11) is -1.63. The van der Waals surface area contributed by atoms with Crippen molar-refractivity contribution in [3.63, 3.8) is 0 Å². The average molecular weight is 224 g/mol. The van der Waals surface area contributed by atoms with E-state index in [1.807, 2.05) is 6.92 Å². The lowest BCUT2D eigenvalue weighted by Gasteiger charge is -2.09. The zero-order valence-electron chi connectivity index (χ0n) is 9.11. The Bertz CT molecular complexity index is 379. The zero-order chi connectivity index (χ0) is 12.1. The number of ether oxygens (including phenoxy) is 1. The number of benzene rings is 1. The summed E-state index contributed by atoms with van der Waals surface area (Å²) in [5.74, 6) is -0.534. The van der Waals surface area contributed by atoms with E-state index in [9.17, 15) is 4.39 Å². The normalized spacial score (nSPS) is 10.0. The van der Waals surface area contributed by atoms with Crippen molar-refractivity contribution >= 4 is 12.6 Å². The van der Waals surface area contributed by atoms with Crippen LogP contribution in [0.1, 0.15) is 13.3 Å². The van der Waals surface area contributed by atoms with E-state index >= 15 is 0 Å². The van der Waals surface area contributed by atoms with Gasteiger partial charge in [-0.1, -0.05) is 19.6 Å². The molecule has 1 aromatic carbocycles. The van der Waals surface area contributed by atoms with Crippen LogP contribution in [0.15, 0.2) is 30.4 Å². The first-order valence-corrected chi connectivity index (χ1v) is 4.99. The van der Waals surface area contributed by atoms with Gasteiger partial charge in [-0.2, -0.15) is 0 Å². The molecule has 5 heteroatoms. The highest BCUT2D eigenvalue weighted by Gasteiger charge is 2.14. The fraction of sp³-hybridized carbons (Fsp3) is 0.273. The van der Waals surface area contributed by atoms with Crippen molar-refractivity contribution in [2.75, 3.05) is 6.61 Å². The molecule has 0 spiro atoms. The van der Waals surface area contributed by atoms with Gasteiger partial charge in [-0.05, 0) is 29.6 Å². The predicted molar refractivity (Wildman–Crippen MR) is 61.2 cm³/mol. The molecule has 0 saturated heterocycles. The van der Waals surface area contributed by atoms with E-state index < -0.39 is 12.9 Å². The van der Waals surface area contributed by atoms with Crippen molar-refractivity contribution < 1.29 is 19.2 Å². The Hall–Kier alpha value is -1.33. The van der Waals surface area contributed by atoms with Gasteiger partial charge in [0.2, 0.25) is 0 Å². The SMILES string of the molecule is C=C(CC)COc1cc(B(O)O)ccc1F. The van der Waals surface area contributed by atoms with Gasteiger partial charge >= 0.3 is 7.12 Å². The van der Waals surface area contributed by atoms with Crippen LogP contribution in [0.3, 0.4) is 0 Å². The summed E-state index contributed by atoms with van der Waals surface area (Å²) in [5.41, 5.74) is 1.04. The van der Waals surface area contributed by atoms with Crippen LogP contribution in [-0.4, -0.2) is 23.8 Å². The molecule has 0 aromatic heterocycles. The number of hydrogen-bond acceptors (Lipinski definition) is 3. The first-order valence-electron chi connectivity index (χ1n) is 4.99. The Morgan fingerprint density at radius 1 is 1.50 bits per heavy atom. The number of halogens is 1. The molecule has 86 valence electrons. The van der Waals surface area contributed by atoms with Crippen LogP contribution in [0.4, 0.5) is 4.39 Å². The first-order chi connectivity index (χ1) is 7.54. The maximum absolute atomic E-state index is 13.3. The lowest BCUT2D eigenvalue weighted by Crippen LogP contribution is -2.29. The highest BCUT2D eigenvalue weighted by atomic mass is 19.1. The largest absolute Gasteiger partial charge is 0.488 e. The molecule has 0 atom stereocenters. The van der Waals surface area contributed by atoms with Crippen molar-refractivity contribution in [2.24, 2.45) is 0 Å². The highest BCUT2D eigenvalue weighted by molar-refractivity contribution is 6.58. The highest BCUT2D eigenvalue weighted by Crippen LogP contribution is 2.15. The van der Waals surface area contributed by atoms with Crippen molar-refractivity contribution in [3.05, 3.63) is 36.2 Å². The molecule has 1 aromatic rings. The topological polar surface area (TPSA) is 49.7 Å². The molecule has 0 saturated carbocycles. The van der Waals surface area contributed by atoms with E-state index in [-0.39, 0.29) is 17.8 Å². The minimum absolute atomic E-state index is 0.000185. The van der Waals surface area contributed by atoms with Gasteiger partial charge in [-0.15, -0.1) is 0 Å². The van der Waals surface area contributed by atoms with E-state index in [0.29, 0.717) is 0 Å². The summed E-state index contributed by atoms with van der Waals surface area (Å²) >= 11 is 0. The molecular weight excluding hydrogens is 210 g/mol. The minimum Gasteiger partial charge on any atom is -0.486 e. The van der Waals surface area contributed by atoms with Crippen molar-refractivity contribution in [1.82, 2.24) is 0 Å². The van der Waals surface area contributed by atoms with Gasteiger partial charge in [0.05, 0.1) is 0 Å². The van der Waals surface area contributed by atoms with Crippen LogP contribution in [0.25, 0.3) is 0 Å². The monoisotopic (exact) mass is 224 g/mol. The molecule has 3 nitrogen and oxygen atoms in total.